The van der Waals surface area contributed by atoms with Gasteiger partial charge in [-0.1, -0.05) is 0 Å². The lowest BCUT2D eigenvalue weighted by molar-refractivity contribution is -0.117. The molecule has 1 atom stereocenters. The van der Waals surface area contributed by atoms with Gasteiger partial charge < -0.3 is 11.1 Å². The largest absolute Gasteiger partial charge is 0.320 e. The summed E-state index contributed by atoms with van der Waals surface area (Å²) in [6.45, 7) is 1.87. The maximum absolute atomic E-state index is 11.7. The third-order valence-electron chi connectivity index (χ3n) is 2.24. The molecule has 1 aromatic heterocycles. The van der Waals surface area contributed by atoms with Crippen molar-refractivity contribution >= 4 is 39.4 Å². The summed E-state index contributed by atoms with van der Waals surface area (Å²) >= 11 is 5.03. The van der Waals surface area contributed by atoms with E-state index in [1.165, 1.54) is 0 Å². The van der Waals surface area contributed by atoms with Crippen molar-refractivity contribution in [3.05, 3.63) is 22.3 Å². The highest BCUT2D eigenvalue weighted by Gasteiger charge is 2.13. The van der Waals surface area contributed by atoms with Gasteiger partial charge in [0.1, 0.15) is 5.82 Å². The van der Waals surface area contributed by atoms with Crippen LogP contribution in [0.5, 0.6) is 0 Å². The molecule has 0 spiro atoms. The Labute approximate surface area is 114 Å². The Morgan fingerprint density at radius 1 is 1.65 bits per heavy atom. The van der Waals surface area contributed by atoms with Gasteiger partial charge in [0, 0.05) is 4.47 Å². The van der Waals surface area contributed by atoms with Gasteiger partial charge in [0.2, 0.25) is 5.91 Å². The van der Waals surface area contributed by atoms with E-state index < -0.39 is 6.04 Å². The molecule has 0 saturated heterocycles. The number of hydrogen-bond donors (Lipinski definition) is 2. The molecule has 0 radical (unpaired) electrons. The molecule has 1 aromatic rings. The molecule has 0 fully saturated rings. The summed E-state index contributed by atoms with van der Waals surface area (Å²) in [6, 6.07) is 3.12. The van der Waals surface area contributed by atoms with Gasteiger partial charge in [-0.3, -0.25) is 4.79 Å². The van der Waals surface area contributed by atoms with Crippen molar-refractivity contribution in [1.82, 2.24) is 4.98 Å². The molecular formula is C11H16BrN3OS. The van der Waals surface area contributed by atoms with Crippen molar-refractivity contribution in [3.63, 3.8) is 0 Å². The summed E-state index contributed by atoms with van der Waals surface area (Å²) in [5.41, 5.74) is 6.59. The van der Waals surface area contributed by atoms with E-state index in [9.17, 15) is 4.79 Å². The van der Waals surface area contributed by atoms with Gasteiger partial charge in [0.15, 0.2) is 0 Å². The Morgan fingerprint density at radius 2 is 2.35 bits per heavy atom. The third-order valence-corrected chi connectivity index (χ3v) is 3.72. The Morgan fingerprint density at radius 3 is 2.94 bits per heavy atom. The zero-order valence-electron chi connectivity index (χ0n) is 9.87. The van der Waals surface area contributed by atoms with E-state index in [4.69, 9.17) is 5.73 Å². The zero-order valence-corrected chi connectivity index (χ0v) is 12.3. The van der Waals surface area contributed by atoms with Gasteiger partial charge in [-0.05, 0) is 53.4 Å². The average Bonchev–Trinajstić information content (AvgIpc) is 2.30. The summed E-state index contributed by atoms with van der Waals surface area (Å²) in [5.74, 6) is 1.23. The molecule has 17 heavy (non-hydrogen) atoms. The van der Waals surface area contributed by atoms with E-state index in [0.29, 0.717) is 12.2 Å². The minimum atomic E-state index is -0.479. The van der Waals surface area contributed by atoms with Gasteiger partial charge in [0.05, 0.1) is 11.7 Å². The molecule has 1 rings (SSSR count). The quantitative estimate of drug-likeness (QED) is 0.873. The van der Waals surface area contributed by atoms with E-state index in [0.717, 1.165) is 15.9 Å². The number of nitrogens with zero attached hydrogens (tertiary/aromatic N) is 1. The van der Waals surface area contributed by atoms with Crippen LogP contribution in [-0.4, -0.2) is 28.9 Å². The first-order valence-electron chi connectivity index (χ1n) is 5.23. The topological polar surface area (TPSA) is 68.0 Å². The minimum Gasteiger partial charge on any atom is -0.320 e. The Bertz CT molecular complexity index is 400. The zero-order chi connectivity index (χ0) is 12.8. The maximum Gasteiger partial charge on any atom is 0.242 e. The van der Waals surface area contributed by atoms with Gasteiger partial charge in [0.25, 0.3) is 0 Å². The lowest BCUT2D eigenvalue weighted by Gasteiger charge is -2.11. The highest BCUT2D eigenvalue weighted by atomic mass is 79.9. The van der Waals surface area contributed by atoms with Crippen molar-refractivity contribution in [3.8, 4) is 0 Å². The monoisotopic (exact) mass is 317 g/mol. The summed E-state index contributed by atoms with van der Waals surface area (Å²) in [6.07, 6.45) is 2.66. The van der Waals surface area contributed by atoms with Crippen LogP contribution in [0.15, 0.2) is 16.6 Å². The molecule has 0 aliphatic rings. The summed E-state index contributed by atoms with van der Waals surface area (Å²) in [5, 5.41) is 2.71. The van der Waals surface area contributed by atoms with Crippen LogP contribution in [0.3, 0.4) is 0 Å². The van der Waals surface area contributed by atoms with Crippen LogP contribution >= 0.6 is 27.7 Å². The fraction of sp³-hybridized carbons (Fsp3) is 0.455. The molecule has 6 heteroatoms. The highest BCUT2D eigenvalue weighted by Crippen LogP contribution is 2.16. The van der Waals surface area contributed by atoms with Crippen LogP contribution in [0.4, 0.5) is 5.82 Å². The molecule has 94 valence electrons. The molecule has 0 aliphatic carbocycles. The van der Waals surface area contributed by atoms with Crippen LogP contribution in [0, 0.1) is 6.92 Å². The second kappa shape index (κ2) is 6.98. The summed E-state index contributed by atoms with van der Waals surface area (Å²) < 4.78 is 0.919. The number of aromatic nitrogens is 1. The molecule has 1 amide bonds. The fourth-order valence-electron chi connectivity index (χ4n) is 1.21. The predicted molar refractivity (Wildman–Crippen MR) is 76.3 cm³/mol. The number of nitrogens with two attached hydrogens (primary N) is 1. The number of anilines is 1. The van der Waals surface area contributed by atoms with Crippen molar-refractivity contribution in [1.29, 1.82) is 0 Å². The van der Waals surface area contributed by atoms with E-state index >= 15 is 0 Å². The summed E-state index contributed by atoms with van der Waals surface area (Å²) in [4.78, 5) is 16.0. The molecule has 3 N–H and O–H groups in total. The van der Waals surface area contributed by atoms with E-state index in [2.05, 4.69) is 26.2 Å². The molecule has 0 saturated carbocycles. The van der Waals surface area contributed by atoms with E-state index in [1.807, 2.05) is 19.2 Å². The average molecular weight is 318 g/mol. The van der Waals surface area contributed by atoms with Crippen molar-refractivity contribution in [2.75, 3.05) is 17.3 Å². The molecule has 4 nitrogen and oxygen atoms in total. The molecular weight excluding hydrogens is 302 g/mol. The number of thioether (sulfide) groups is 1. The molecule has 1 heterocycles. The normalized spacial score (nSPS) is 12.2. The standard InChI is InChI=1S/C11H16BrN3OS/c1-7-8(12)3-4-10(14-7)15-11(16)9(13)5-6-17-2/h3-4,9H,5-6,13H2,1-2H3,(H,14,15,16)/t9-/m0/s1. The van der Waals surface area contributed by atoms with Crippen molar-refractivity contribution in [2.24, 2.45) is 5.73 Å². The van der Waals surface area contributed by atoms with Gasteiger partial charge in [-0.25, -0.2) is 4.98 Å². The smallest absolute Gasteiger partial charge is 0.242 e. The Hall–Kier alpha value is -0.590. The second-order valence-electron chi connectivity index (χ2n) is 3.64. The first kappa shape index (κ1) is 14.5. The van der Waals surface area contributed by atoms with E-state index in [-0.39, 0.29) is 5.91 Å². The van der Waals surface area contributed by atoms with Gasteiger partial charge in [-0.15, -0.1) is 0 Å². The lowest BCUT2D eigenvalue weighted by atomic mass is 10.2. The molecule has 0 aliphatic heterocycles. The molecule has 0 unspecified atom stereocenters. The molecule has 0 aromatic carbocycles. The number of amides is 1. The number of carbonyl (C=O) groups is 1. The number of hydrogen-bond acceptors (Lipinski definition) is 4. The van der Waals surface area contributed by atoms with Crippen LogP contribution in [0.2, 0.25) is 0 Å². The third kappa shape index (κ3) is 4.65. The van der Waals surface area contributed by atoms with Gasteiger partial charge in [-0.2, -0.15) is 11.8 Å². The predicted octanol–water partition coefficient (Wildman–Crippen LogP) is 2.17. The Balaban J connectivity index is 2.58. The minimum absolute atomic E-state index is 0.187. The number of nitrogens with one attached hydrogen (secondary N) is 1. The number of halogens is 1. The van der Waals surface area contributed by atoms with E-state index in [1.54, 1.807) is 17.8 Å². The van der Waals surface area contributed by atoms with Crippen LogP contribution in [0.25, 0.3) is 0 Å². The van der Waals surface area contributed by atoms with Crippen LogP contribution < -0.4 is 11.1 Å². The SMILES string of the molecule is CSCC[C@H](N)C(=O)Nc1ccc(Br)c(C)n1. The first-order chi connectivity index (χ1) is 8.04. The first-order valence-corrected chi connectivity index (χ1v) is 7.42. The van der Waals surface area contributed by atoms with Crippen LogP contribution in [-0.2, 0) is 4.79 Å². The molecule has 0 bridgehead atoms. The fourth-order valence-corrected chi connectivity index (χ4v) is 1.92. The van der Waals surface area contributed by atoms with Crippen molar-refractivity contribution < 1.29 is 4.79 Å². The lowest BCUT2D eigenvalue weighted by Crippen LogP contribution is -2.36. The van der Waals surface area contributed by atoms with Crippen LogP contribution in [0.1, 0.15) is 12.1 Å². The second-order valence-corrected chi connectivity index (χ2v) is 5.48. The summed E-state index contributed by atoms with van der Waals surface area (Å²) in [7, 11) is 0. The maximum atomic E-state index is 11.7. The number of aryl methyl sites for hydroxylation is 1. The van der Waals surface area contributed by atoms with Crippen molar-refractivity contribution in [2.45, 2.75) is 19.4 Å². The Kier molecular flexibility index (Phi) is 5.94. The number of carbonyl (C=O) groups excluding carboxylic acids is 1. The highest BCUT2D eigenvalue weighted by molar-refractivity contribution is 9.10. The number of pyridine rings is 1. The number of rotatable bonds is 5. The van der Waals surface area contributed by atoms with Gasteiger partial charge >= 0.3 is 0 Å².